The van der Waals surface area contributed by atoms with E-state index in [4.69, 9.17) is 39.5 Å². The highest BCUT2D eigenvalue weighted by molar-refractivity contribution is 7.87. The summed E-state index contributed by atoms with van der Waals surface area (Å²) in [5, 5.41) is 1.81. The molecule has 0 aromatic heterocycles. The number of carbonyl (C=O) groups is 3. The lowest BCUT2D eigenvalue weighted by molar-refractivity contribution is -0.164. The summed E-state index contributed by atoms with van der Waals surface area (Å²) in [7, 11) is -1.62. The monoisotopic (exact) mass is 480 g/mol. The maximum absolute atomic E-state index is 13.0. The second-order valence-electron chi connectivity index (χ2n) is 7.37. The van der Waals surface area contributed by atoms with E-state index in [9.17, 15) is 18.6 Å². The lowest BCUT2D eigenvalue weighted by Gasteiger charge is -2.43. The molecule has 2 amide bonds. The van der Waals surface area contributed by atoms with E-state index in [2.05, 4.69) is 5.32 Å². The Kier molecular flexibility index (Phi) is 6.21. The van der Waals surface area contributed by atoms with Gasteiger partial charge in [0.15, 0.2) is 0 Å². The minimum atomic E-state index is -1.80. The van der Waals surface area contributed by atoms with Crippen molar-refractivity contribution in [3.63, 3.8) is 0 Å². The Hall–Kier alpha value is -1.35. The lowest BCUT2D eigenvalue weighted by atomic mass is 9.96. The maximum atomic E-state index is 13.0. The van der Waals surface area contributed by atoms with Crippen molar-refractivity contribution in [1.29, 1.82) is 0 Å². The zero-order valence-corrected chi connectivity index (χ0v) is 18.6. The van der Waals surface area contributed by atoms with E-state index < -0.39 is 55.3 Å². The molecule has 0 spiro atoms. The van der Waals surface area contributed by atoms with Crippen LogP contribution >= 0.6 is 34.8 Å². The number of rotatable bonds is 5. The fourth-order valence-corrected chi connectivity index (χ4v) is 5.59. The number of nitrogens with zero attached hydrogens (tertiary/aromatic N) is 1. The highest BCUT2D eigenvalue weighted by Crippen LogP contribution is 2.44. The third-order valence-electron chi connectivity index (χ3n) is 4.88. The zero-order chi connectivity index (χ0) is 21.6. The number of ether oxygens (including phenoxy) is 1. The van der Waals surface area contributed by atoms with Crippen LogP contribution in [-0.2, 0) is 36.3 Å². The molecule has 0 aliphatic carbocycles. The van der Waals surface area contributed by atoms with Gasteiger partial charge in [0.1, 0.15) is 24.1 Å². The highest BCUT2D eigenvalue weighted by Gasteiger charge is 2.68. The van der Waals surface area contributed by atoms with Gasteiger partial charge in [0, 0.05) is 0 Å². The largest absolute Gasteiger partial charge is 0.460 e. The van der Waals surface area contributed by atoms with Gasteiger partial charge in [-0.05, 0) is 19.4 Å². The summed E-state index contributed by atoms with van der Waals surface area (Å²) < 4.78 is 15.1. The van der Waals surface area contributed by atoms with Crippen LogP contribution in [0, 0.1) is 0 Å². The van der Waals surface area contributed by atoms with Gasteiger partial charge in [0.2, 0.25) is 15.6 Å². The Balaban J connectivity index is 1.71. The summed E-state index contributed by atoms with van der Waals surface area (Å²) in [5.74, 6) is -1.67. The van der Waals surface area contributed by atoms with Crippen LogP contribution in [0.4, 0.5) is 0 Å². The van der Waals surface area contributed by atoms with E-state index in [1.54, 1.807) is 38.1 Å². The molecule has 2 aliphatic heterocycles. The van der Waals surface area contributed by atoms with E-state index in [0.29, 0.717) is 0 Å². The fraction of sp³-hybridized carbons (Fsp3) is 0.500. The number of amides is 2. The molecule has 158 valence electrons. The van der Waals surface area contributed by atoms with Crippen LogP contribution in [0.15, 0.2) is 30.3 Å². The smallest absolute Gasteiger partial charge is 0.330 e. The Morgan fingerprint density at radius 3 is 2.45 bits per heavy atom. The molecule has 2 aliphatic rings. The molecule has 1 N–H and O–H groups in total. The molecule has 4 atom stereocenters. The quantitative estimate of drug-likeness (QED) is 0.393. The average molecular weight is 482 g/mol. The summed E-state index contributed by atoms with van der Waals surface area (Å²) in [6.07, 6.45) is 0.0854. The first-order valence-electron chi connectivity index (χ1n) is 8.73. The van der Waals surface area contributed by atoms with E-state index in [0.717, 1.165) is 5.56 Å². The first-order valence-corrected chi connectivity index (χ1v) is 11.1. The Labute approximate surface area is 185 Å². The fourth-order valence-electron chi connectivity index (χ4n) is 3.51. The van der Waals surface area contributed by atoms with Crippen molar-refractivity contribution < 1.29 is 23.3 Å². The second kappa shape index (κ2) is 8.06. The van der Waals surface area contributed by atoms with Gasteiger partial charge in [0.05, 0.1) is 22.0 Å². The number of β-lactam (4-membered cyclic amide) rings is 1. The summed E-state index contributed by atoms with van der Waals surface area (Å²) in [4.78, 5) is 38.7. The standard InChI is InChI=1S/C18H19Cl3N2O5S/c1-17(2)13(16(26)28-9-18(19,20)21)23-14(25)12(15(23)29(17)27)22-11(24)8-10-6-4-3-5-7-10/h3-7,12-13,15H,8-9H2,1-2H3,(H,22,24)/t12-,13+,15+,29+/m1/s1. The number of hydrogen-bond donors (Lipinski definition) is 1. The molecule has 2 saturated heterocycles. The topological polar surface area (TPSA) is 92.8 Å². The van der Waals surface area contributed by atoms with Crippen LogP contribution in [-0.4, -0.2) is 59.5 Å². The molecule has 29 heavy (non-hydrogen) atoms. The first kappa shape index (κ1) is 22.3. The predicted octanol–water partition coefficient (Wildman–Crippen LogP) is 1.71. The molecular formula is C18H19Cl3N2O5S. The van der Waals surface area contributed by atoms with Gasteiger partial charge in [0.25, 0.3) is 0 Å². The molecule has 7 nitrogen and oxygen atoms in total. The summed E-state index contributed by atoms with van der Waals surface area (Å²) in [5.41, 5.74) is 0.787. The van der Waals surface area contributed by atoms with Crippen molar-refractivity contribution >= 4 is 63.4 Å². The molecule has 0 unspecified atom stereocenters. The van der Waals surface area contributed by atoms with E-state index in [-0.39, 0.29) is 12.3 Å². The summed E-state index contributed by atoms with van der Waals surface area (Å²) in [6, 6.07) is 6.97. The van der Waals surface area contributed by atoms with Gasteiger partial charge in [-0.15, -0.1) is 0 Å². The molecule has 0 bridgehead atoms. The van der Waals surface area contributed by atoms with Gasteiger partial charge in [-0.3, -0.25) is 13.8 Å². The van der Waals surface area contributed by atoms with Crippen molar-refractivity contribution in [1.82, 2.24) is 10.2 Å². The van der Waals surface area contributed by atoms with Gasteiger partial charge < -0.3 is 15.0 Å². The van der Waals surface area contributed by atoms with Crippen LogP contribution in [0.3, 0.4) is 0 Å². The molecular weight excluding hydrogens is 463 g/mol. The Bertz CT molecular complexity index is 859. The van der Waals surface area contributed by atoms with Crippen LogP contribution < -0.4 is 5.32 Å². The van der Waals surface area contributed by atoms with Crippen molar-refractivity contribution in [2.45, 2.75) is 46.3 Å². The minimum absolute atomic E-state index is 0.0854. The van der Waals surface area contributed by atoms with Crippen molar-refractivity contribution in [3.8, 4) is 0 Å². The number of esters is 1. The number of hydrogen-bond acceptors (Lipinski definition) is 5. The van der Waals surface area contributed by atoms with Crippen LogP contribution in [0.1, 0.15) is 19.4 Å². The molecule has 3 rings (SSSR count). The second-order valence-corrected chi connectivity index (χ2v) is 12.0. The maximum Gasteiger partial charge on any atom is 0.330 e. The normalized spacial score (nSPS) is 27.8. The average Bonchev–Trinajstić information content (AvgIpc) is 2.82. The van der Waals surface area contributed by atoms with Crippen LogP contribution in [0.5, 0.6) is 0 Å². The van der Waals surface area contributed by atoms with Gasteiger partial charge in [-0.25, -0.2) is 4.79 Å². The number of fused-ring (bicyclic) bond motifs is 1. The minimum Gasteiger partial charge on any atom is -0.460 e. The molecule has 11 heteroatoms. The Morgan fingerprint density at radius 2 is 1.86 bits per heavy atom. The molecule has 1 aromatic carbocycles. The Morgan fingerprint density at radius 1 is 1.24 bits per heavy atom. The number of carbonyl (C=O) groups excluding carboxylic acids is 3. The first-order chi connectivity index (χ1) is 13.4. The van der Waals surface area contributed by atoms with Crippen LogP contribution in [0.2, 0.25) is 0 Å². The molecule has 0 radical (unpaired) electrons. The van der Waals surface area contributed by atoms with Crippen LogP contribution in [0.25, 0.3) is 0 Å². The zero-order valence-electron chi connectivity index (χ0n) is 15.6. The van der Waals surface area contributed by atoms with E-state index >= 15 is 0 Å². The highest BCUT2D eigenvalue weighted by atomic mass is 35.6. The third kappa shape index (κ3) is 4.40. The SMILES string of the molecule is CC1(C)[C@H](C(=O)OCC(Cl)(Cl)Cl)N2C(=O)[C@@H](NC(=O)Cc3ccccc3)[C@@H]2[S@@]1=O. The van der Waals surface area contributed by atoms with Crippen molar-refractivity contribution in [2.75, 3.05) is 6.61 Å². The summed E-state index contributed by atoms with van der Waals surface area (Å²) >= 11 is 16.8. The van der Waals surface area contributed by atoms with Crippen molar-refractivity contribution in [3.05, 3.63) is 35.9 Å². The molecule has 2 heterocycles. The van der Waals surface area contributed by atoms with Gasteiger partial charge in [-0.1, -0.05) is 65.1 Å². The number of alkyl halides is 3. The van der Waals surface area contributed by atoms with Gasteiger partial charge in [-0.2, -0.15) is 0 Å². The van der Waals surface area contributed by atoms with Crippen molar-refractivity contribution in [2.24, 2.45) is 0 Å². The van der Waals surface area contributed by atoms with E-state index in [1.165, 1.54) is 4.90 Å². The number of nitrogens with one attached hydrogen (secondary N) is 1. The van der Waals surface area contributed by atoms with Gasteiger partial charge >= 0.3 is 5.97 Å². The number of benzene rings is 1. The van der Waals surface area contributed by atoms with E-state index in [1.807, 2.05) is 6.07 Å². The summed E-state index contributed by atoms with van der Waals surface area (Å²) in [6.45, 7) is 2.69. The molecule has 0 saturated carbocycles. The lowest BCUT2D eigenvalue weighted by Crippen LogP contribution is -2.71. The molecule has 2 fully saturated rings. The predicted molar refractivity (Wildman–Crippen MR) is 110 cm³/mol. The number of halogens is 3. The third-order valence-corrected chi connectivity index (χ3v) is 7.41. The molecule has 1 aromatic rings.